The minimum atomic E-state index is -0.737. The van der Waals surface area contributed by atoms with Crippen LogP contribution in [0, 0.1) is 17.8 Å². The van der Waals surface area contributed by atoms with Crippen molar-refractivity contribution in [3.63, 3.8) is 0 Å². The number of aromatic hydroxyl groups is 1. The number of ketones is 2. The summed E-state index contributed by atoms with van der Waals surface area (Å²) in [6.07, 6.45) is 5.46. The first-order chi connectivity index (χ1) is 18.8. The lowest BCUT2D eigenvalue weighted by Gasteiger charge is -2.42. The number of methoxy groups -OCH3 is 1. The SMILES string of the molecule is C=Cc1ccc(N2C(=O)C3CC=C4C(c5cccc(OC)c5O)C5=C(CC4C3C2=O)C(=O)C=C(C)C5=O)cc1. The summed E-state index contributed by atoms with van der Waals surface area (Å²) in [4.78, 5) is 55.5. The Morgan fingerprint density at radius 1 is 1.03 bits per heavy atom. The number of hydrogen-bond acceptors (Lipinski definition) is 6. The maximum Gasteiger partial charge on any atom is 0.238 e. The van der Waals surface area contributed by atoms with Gasteiger partial charge in [-0.25, -0.2) is 0 Å². The number of ether oxygens (including phenoxy) is 1. The zero-order chi connectivity index (χ0) is 27.6. The molecule has 0 spiro atoms. The van der Waals surface area contributed by atoms with Crippen LogP contribution in [0.15, 0.2) is 83.5 Å². The molecule has 0 saturated carbocycles. The second-order valence-corrected chi connectivity index (χ2v) is 10.4. The van der Waals surface area contributed by atoms with Crippen LogP contribution >= 0.6 is 0 Å². The first-order valence-corrected chi connectivity index (χ1v) is 12.9. The van der Waals surface area contributed by atoms with Crippen LogP contribution in [0.1, 0.15) is 36.8 Å². The number of phenols is 1. The van der Waals surface area contributed by atoms with Gasteiger partial charge in [-0.1, -0.05) is 48.6 Å². The topological polar surface area (TPSA) is 101 Å². The molecule has 2 amide bonds. The molecule has 0 radical (unpaired) electrons. The van der Waals surface area contributed by atoms with E-state index in [2.05, 4.69) is 6.58 Å². The number of amides is 2. The summed E-state index contributed by atoms with van der Waals surface area (Å²) in [5, 5.41) is 11.1. The molecule has 1 aliphatic heterocycles. The number of para-hydroxylation sites is 1. The maximum absolute atomic E-state index is 13.9. The van der Waals surface area contributed by atoms with Gasteiger partial charge in [0.1, 0.15) is 0 Å². The van der Waals surface area contributed by atoms with Crippen molar-refractivity contribution in [3.05, 3.63) is 94.6 Å². The predicted molar refractivity (Wildman–Crippen MR) is 145 cm³/mol. The number of anilines is 1. The molecule has 0 aromatic heterocycles. The van der Waals surface area contributed by atoms with Crippen molar-refractivity contribution in [2.75, 3.05) is 12.0 Å². The number of carbonyl (C=O) groups excluding carboxylic acids is 4. The van der Waals surface area contributed by atoms with E-state index in [0.29, 0.717) is 34.4 Å². The third-order valence-electron chi connectivity index (χ3n) is 8.51. The lowest BCUT2D eigenvalue weighted by molar-refractivity contribution is -0.123. The van der Waals surface area contributed by atoms with E-state index in [-0.39, 0.29) is 41.3 Å². The number of phenolic OH excluding ortho intramolecular Hbond substituents is 1. The first kappa shape index (κ1) is 24.8. The molecule has 7 heteroatoms. The van der Waals surface area contributed by atoms with Gasteiger partial charge >= 0.3 is 0 Å². The molecule has 6 rings (SSSR count). The van der Waals surface area contributed by atoms with E-state index >= 15 is 0 Å². The number of imide groups is 1. The van der Waals surface area contributed by atoms with Gasteiger partial charge in [-0.15, -0.1) is 0 Å². The van der Waals surface area contributed by atoms with Crippen molar-refractivity contribution in [2.45, 2.75) is 25.7 Å². The number of rotatable bonds is 4. The van der Waals surface area contributed by atoms with E-state index in [4.69, 9.17) is 4.74 Å². The average molecular weight is 522 g/mol. The van der Waals surface area contributed by atoms with Crippen LogP contribution in [0.2, 0.25) is 0 Å². The number of carbonyl (C=O) groups is 4. The lowest BCUT2D eigenvalue weighted by atomic mass is 9.59. The summed E-state index contributed by atoms with van der Waals surface area (Å²) in [6, 6.07) is 12.1. The Labute approximate surface area is 225 Å². The minimum Gasteiger partial charge on any atom is -0.504 e. The Morgan fingerprint density at radius 3 is 2.46 bits per heavy atom. The Kier molecular flexibility index (Phi) is 5.75. The molecular weight excluding hydrogens is 494 g/mol. The maximum atomic E-state index is 13.9. The van der Waals surface area contributed by atoms with Crippen molar-refractivity contribution in [1.29, 1.82) is 0 Å². The fraction of sp³-hybridized carbons (Fsp3) is 0.250. The summed E-state index contributed by atoms with van der Waals surface area (Å²) in [5.74, 6) is -3.45. The van der Waals surface area contributed by atoms with E-state index in [1.165, 1.54) is 18.1 Å². The Hall–Kier alpha value is -4.52. The highest BCUT2D eigenvalue weighted by Crippen LogP contribution is 2.57. The van der Waals surface area contributed by atoms with E-state index in [1.807, 2.05) is 6.08 Å². The number of allylic oxidation sites excluding steroid dienone is 6. The first-order valence-electron chi connectivity index (χ1n) is 12.9. The van der Waals surface area contributed by atoms with Crippen molar-refractivity contribution in [2.24, 2.45) is 17.8 Å². The predicted octanol–water partition coefficient (Wildman–Crippen LogP) is 4.68. The second-order valence-electron chi connectivity index (χ2n) is 10.4. The van der Waals surface area contributed by atoms with Crippen LogP contribution in [0.25, 0.3) is 6.08 Å². The average Bonchev–Trinajstić information content (AvgIpc) is 3.20. The van der Waals surface area contributed by atoms with Crippen LogP contribution < -0.4 is 9.64 Å². The Balaban J connectivity index is 1.49. The quantitative estimate of drug-likeness (QED) is 0.356. The summed E-state index contributed by atoms with van der Waals surface area (Å²) in [7, 11) is 1.44. The molecule has 39 heavy (non-hydrogen) atoms. The van der Waals surface area contributed by atoms with Crippen molar-refractivity contribution in [1.82, 2.24) is 0 Å². The number of hydrogen-bond donors (Lipinski definition) is 1. The monoisotopic (exact) mass is 521 g/mol. The smallest absolute Gasteiger partial charge is 0.238 e. The van der Waals surface area contributed by atoms with Gasteiger partial charge in [-0.05, 0) is 55.5 Å². The number of benzene rings is 2. The van der Waals surface area contributed by atoms with Crippen LogP contribution in [0.4, 0.5) is 5.69 Å². The molecule has 0 bridgehead atoms. The molecule has 2 aromatic carbocycles. The molecule has 2 aromatic rings. The van der Waals surface area contributed by atoms with Crippen molar-refractivity contribution >= 4 is 35.1 Å². The molecule has 196 valence electrons. The largest absolute Gasteiger partial charge is 0.504 e. The lowest BCUT2D eigenvalue weighted by Crippen LogP contribution is -2.39. The van der Waals surface area contributed by atoms with E-state index < -0.39 is 23.7 Å². The summed E-state index contributed by atoms with van der Waals surface area (Å²) >= 11 is 0. The third-order valence-corrected chi connectivity index (χ3v) is 8.51. The van der Waals surface area contributed by atoms with Crippen LogP contribution in [0.5, 0.6) is 11.5 Å². The molecule has 1 fully saturated rings. The summed E-state index contributed by atoms with van der Waals surface area (Å²) in [5.41, 5.74) is 3.58. The molecule has 3 aliphatic carbocycles. The highest BCUT2D eigenvalue weighted by atomic mass is 16.5. The van der Waals surface area contributed by atoms with Gasteiger partial charge in [0.2, 0.25) is 11.8 Å². The van der Waals surface area contributed by atoms with Gasteiger partial charge < -0.3 is 9.84 Å². The molecule has 4 aliphatic rings. The highest BCUT2D eigenvalue weighted by molar-refractivity contribution is 6.25. The molecule has 1 heterocycles. The van der Waals surface area contributed by atoms with E-state index in [1.54, 1.807) is 55.5 Å². The molecule has 4 atom stereocenters. The fourth-order valence-corrected chi connectivity index (χ4v) is 6.67. The van der Waals surface area contributed by atoms with Gasteiger partial charge in [-0.2, -0.15) is 0 Å². The minimum absolute atomic E-state index is 0.120. The standard InChI is InChI=1S/C32H27NO6/c1-4-17-8-10-18(11-9-17)33-31(37)21-13-12-19-22(27(21)32(33)38)15-23-24(34)14-16(2)29(35)28(23)26(19)20-6-5-7-25(39-3)30(20)36/h4-12,14,21-22,26-27,36H,1,13,15H2,2-3H3. The van der Waals surface area contributed by atoms with Gasteiger partial charge in [0.15, 0.2) is 23.1 Å². The second kappa shape index (κ2) is 9.05. The van der Waals surface area contributed by atoms with E-state index in [9.17, 15) is 24.3 Å². The Morgan fingerprint density at radius 2 is 1.77 bits per heavy atom. The molecule has 1 saturated heterocycles. The summed E-state index contributed by atoms with van der Waals surface area (Å²) in [6.45, 7) is 5.36. The molecule has 7 nitrogen and oxygen atoms in total. The molecular formula is C32H27NO6. The van der Waals surface area contributed by atoms with E-state index in [0.717, 1.165) is 11.1 Å². The molecule has 1 N–H and O–H groups in total. The van der Waals surface area contributed by atoms with Gasteiger partial charge in [0.05, 0.1) is 24.6 Å². The highest BCUT2D eigenvalue weighted by Gasteiger charge is 2.56. The third kappa shape index (κ3) is 3.56. The Bertz CT molecular complexity index is 1570. The number of fused-ring (bicyclic) bond motifs is 3. The zero-order valence-corrected chi connectivity index (χ0v) is 21.6. The fourth-order valence-electron chi connectivity index (χ4n) is 6.67. The zero-order valence-electron chi connectivity index (χ0n) is 21.6. The normalized spacial score (nSPS) is 26.1. The van der Waals surface area contributed by atoms with Crippen molar-refractivity contribution < 1.29 is 29.0 Å². The number of nitrogens with zero attached hydrogens (tertiary/aromatic N) is 1. The van der Waals surface area contributed by atoms with Crippen LogP contribution in [-0.4, -0.2) is 35.6 Å². The van der Waals surface area contributed by atoms with Crippen molar-refractivity contribution in [3.8, 4) is 11.5 Å². The van der Waals surface area contributed by atoms with Gasteiger partial charge in [0, 0.05) is 28.2 Å². The molecule has 4 unspecified atom stereocenters. The van der Waals surface area contributed by atoms with Crippen LogP contribution in [-0.2, 0) is 19.2 Å². The van der Waals surface area contributed by atoms with Crippen LogP contribution in [0.3, 0.4) is 0 Å². The number of Topliss-reactive ketones (excluding diaryl/α,β-unsaturated/α-hetero) is 1. The van der Waals surface area contributed by atoms with Gasteiger partial charge in [0.25, 0.3) is 0 Å². The van der Waals surface area contributed by atoms with Gasteiger partial charge in [-0.3, -0.25) is 24.1 Å². The summed E-state index contributed by atoms with van der Waals surface area (Å²) < 4.78 is 5.34.